The number of quaternary nitrogens is 1. The zero-order chi connectivity index (χ0) is 19.3. The van der Waals surface area contributed by atoms with Gasteiger partial charge in [0.15, 0.2) is 12.3 Å². The molecule has 4 rings (SSSR count). The van der Waals surface area contributed by atoms with E-state index in [2.05, 4.69) is 10.6 Å². The van der Waals surface area contributed by atoms with Gasteiger partial charge in [0.1, 0.15) is 11.5 Å². The van der Waals surface area contributed by atoms with Crippen LogP contribution in [-0.4, -0.2) is 18.4 Å². The first-order valence-electron chi connectivity index (χ1n) is 9.35. The van der Waals surface area contributed by atoms with E-state index < -0.39 is 0 Å². The van der Waals surface area contributed by atoms with Crippen LogP contribution >= 0.6 is 11.3 Å². The quantitative estimate of drug-likeness (QED) is 0.574. The number of nitrogens with one attached hydrogen (secondary N) is 2. The van der Waals surface area contributed by atoms with Crippen molar-refractivity contribution in [3.8, 4) is 0 Å². The first-order chi connectivity index (χ1) is 13.7. The lowest BCUT2D eigenvalue weighted by Gasteiger charge is -2.09. The number of carbonyl (C=O) groups is 2. The molecule has 0 bridgehead atoms. The number of nitrogens with two attached hydrogens (primary N) is 1. The number of para-hydroxylation sites is 1. The van der Waals surface area contributed by atoms with Crippen molar-refractivity contribution in [3.05, 3.63) is 70.5 Å². The third-order valence-corrected chi connectivity index (χ3v) is 5.90. The molecule has 1 aliphatic rings. The van der Waals surface area contributed by atoms with Crippen LogP contribution in [0.1, 0.15) is 33.0 Å². The fourth-order valence-corrected chi connectivity index (χ4v) is 4.70. The van der Waals surface area contributed by atoms with Crippen molar-refractivity contribution in [2.24, 2.45) is 0 Å². The molecule has 1 aromatic carbocycles. The summed E-state index contributed by atoms with van der Waals surface area (Å²) in [5, 5.41) is 8.41. The lowest BCUT2D eigenvalue weighted by atomic mass is 10.1. The molecule has 7 heteroatoms. The van der Waals surface area contributed by atoms with Gasteiger partial charge in [0, 0.05) is 10.6 Å². The van der Waals surface area contributed by atoms with Gasteiger partial charge in [-0.05, 0) is 49.1 Å². The lowest BCUT2D eigenvalue weighted by Crippen LogP contribution is -2.84. The largest absolute Gasteiger partial charge is 0.463 e. The molecular weight excluding hydrogens is 374 g/mol. The van der Waals surface area contributed by atoms with Gasteiger partial charge in [0.05, 0.1) is 11.8 Å². The molecule has 0 radical (unpaired) electrons. The molecule has 0 fully saturated rings. The van der Waals surface area contributed by atoms with E-state index in [1.807, 2.05) is 47.8 Å². The van der Waals surface area contributed by atoms with Gasteiger partial charge in [-0.25, -0.2) is 0 Å². The number of aryl methyl sites for hydroxylation is 1. The zero-order valence-corrected chi connectivity index (χ0v) is 16.2. The molecule has 4 N–H and O–H groups in total. The fourth-order valence-electron chi connectivity index (χ4n) is 3.40. The Morgan fingerprint density at radius 3 is 2.71 bits per heavy atom. The highest BCUT2D eigenvalue weighted by atomic mass is 32.1. The molecule has 6 nitrogen and oxygen atoms in total. The van der Waals surface area contributed by atoms with E-state index in [0.29, 0.717) is 17.1 Å². The number of anilines is 2. The smallest absolute Gasteiger partial charge is 0.280 e. The van der Waals surface area contributed by atoms with Gasteiger partial charge < -0.3 is 20.4 Å². The molecule has 2 aromatic heterocycles. The molecule has 0 unspecified atom stereocenters. The van der Waals surface area contributed by atoms with Crippen molar-refractivity contribution >= 4 is 33.8 Å². The molecule has 0 spiro atoms. The van der Waals surface area contributed by atoms with Crippen molar-refractivity contribution in [2.45, 2.75) is 25.8 Å². The number of hydrogen-bond donors (Lipinski definition) is 3. The van der Waals surface area contributed by atoms with Crippen molar-refractivity contribution in [1.82, 2.24) is 0 Å². The minimum absolute atomic E-state index is 0.125. The van der Waals surface area contributed by atoms with E-state index in [4.69, 9.17) is 4.42 Å². The van der Waals surface area contributed by atoms with Crippen LogP contribution in [0.2, 0.25) is 0 Å². The van der Waals surface area contributed by atoms with E-state index in [-0.39, 0.29) is 18.4 Å². The van der Waals surface area contributed by atoms with Gasteiger partial charge in [-0.3, -0.25) is 9.59 Å². The summed E-state index contributed by atoms with van der Waals surface area (Å²) in [6.45, 7) is 0.867. The molecule has 0 aliphatic heterocycles. The van der Waals surface area contributed by atoms with Gasteiger partial charge in [-0.1, -0.05) is 18.2 Å². The molecule has 2 heterocycles. The summed E-state index contributed by atoms with van der Waals surface area (Å²) in [7, 11) is 0. The van der Waals surface area contributed by atoms with Gasteiger partial charge in [-0.15, -0.1) is 11.3 Å². The standard InChI is InChI=1S/C21H21N3O3S/c25-18(13-22-12-15-8-5-11-27-15)24-21-19(16-9-4-10-17(16)28-21)20(26)23-14-6-2-1-3-7-14/h1-3,5-8,11,22H,4,9-10,12-13H2,(H,23,26)(H,24,25)/p+1. The van der Waals surface area contributed by atoms with Crippen LogP contribution in [0.25, 0.3) is 0 Å². The van der Waals surface area contributed by atoms with Crippen LogP contribution in [0.3, 0.4) is 0 Å². The Hall–Kier alpha value is -2.90. The predicted molar refractivity (Wildman–Crippen MR) is 109 cm³/mol. The Balaban J connectivity index is 1.44. The van der Waals surface area contributed by atoms with E-state index >= 15 is 0 Å². The Labute approximate surface area is 167 Å². The van der Waals surface area contributed by atoms with Crippen molar-refractivity contribution in [3.63, 3.8) is 0 Å². The number of hydrogen-bond acceptors (Lipinski definition) is 4. The number of benzene rings is 1. The first kappa shape index (κ1) is 18.5. The molecule has 3 aromatic rings. The molecule has 0 saturated carbocycles. The number of amides is 2. The maximum absolute atomic E-state index is 12.9. The maximum Gasteiger partial charge on any atom is 0.280 e. The highest BCUT2D eigenvalue weighted by Crippen LogP contribution is 2.39. The maximum atomic E-state index is 12.9. The van der Waals surface area contributed by atoms with Crippen LogP contribution in [0.15, 0.2) is 53.1 Å². The average Bonchev–Trinajstić information content (AvgIpc) is 3.40. The van der Waals surface area contributed by atoms with Crippen LogP contribution in [0, 0.1) is 0 Å². The molecule has 144 valence electrons. The number of furan rings is 1. The molecular formula is C21H22N3O3S+. The summed E-state index contributed by atoms with van der Waals surface area (Å²) in [5.74, 6) is 0.534. The van der Waals surface area contributed by atoms with Crippen molar-refractivity contribution < 1.29 is 19.3 Å². The SMILES string of the molecule is O=C(C[NH2+]Cc1ccco1)Nc1sc2c(c1C(=O)Nc1ccccc1)CCC2. The van der Waals surface area contributed by atoms with Gasteiger partial charge in [0.25, 0.3) is 11.8 Å². The second-order valence-corrected chi connectivity index (χ2v) is 7.81. The van der Waals surface area contributed by atoms with Crippen molar-refractivity contribution in [1.29, 1.82) is 0 Å². The number of rotatable bonds is 7. The first-order valence-corrected chi connectivity index (χ1v) is 10.2. The molecule has 1 aliphatic carbocycles. The number of thiophene rings is 1. The lowest BCUT2D eigenvalue weighted by molar-refractivity contribution is -0.661. The Kier molecular flexibility index (Phi) is 5.55. The second kappa shape index (κ2) is 8.41. The predicted octanol–water partition coefficient (Wildman–Crippen LogP) is 2.78. The summed E-state index contributed by atoms with van der Waals surface area (Å²) < 4.78 is 5.27. The Morgan fingerprint density at radius 2 is 1.93 bits per heavy atom. The third kappa shape index (κ3) is 4.16. The second-order valence-electron chi connectivity index (χ2n) is 6.71. The summed E-state index contributed by atoms with van der Waals surface area (Å²) in [6.07, 6.45) is 4.52. The highest BCUT2D eigenvalue weighted by molar-refractivity contribution is 7.17. The Bertz CT molecular complexity index is 964. The molecule has 2 amide bonds. The van der Waals surface area contributed by atoms with Crippen LogP contribution in [0.4, 0.5) is 10.7 Å². The Morgan fingerprint density at radius 1 is 1.07 bits per heavy atom. The van der Waals surface area contributed by atoms with Gasteiger partial charge >= 0.3 is 0 Å². The van der Waals surface area contributed by atoms with E-state index in [1.165, 1.54) is 16.2 Å². The number of carbonyl (C=O) groups excluding carboxylic acids is 2. The topological polar surface area (TPSA) is 88.0 Å². The fraction of sp³-hybridized carbons (Fsp3) is 0.238. The molecule has 28 heavy (non-hydrogen) atoms. The van der Waals surface area contributed by atoms with Gasteiger partial charge in [-0.2, -0.15) is 0 Å². The summed E-state index contributed by atoms with van der Waals surface area (Å²) in [6, 6.07) is 13.1. The third-order valence-electron chi connectivity index (χ3n) is 4.69. The van der Waals surface area contributed by atoms with Gasteiger partial charge in [0.2, 0.25) is 0 Å². The van der Waals surface area contributed by atoms with Crippen LogP contribution in [0.5, 0.6) is 0 Å². The van der Waals surface area contributed by atoms with E-state index in [0.717, 1.165) is 36.3 Å². The summed E-state index contributed by atoms with van der Waals surface area (Å²) in [4.78, 5) is 26.5. The molecule has 0 saturated heterocycles. The number of fused-ring (bicyclic) bond motifs is 1. The minimum Gasteiger partial charge on any atom is -0.463 e. The van der Waals surface area contributed by atoms with E-state index in [1.54, 1.807) is 6.26 Å². The summed E-state index contributed by atoms with van der Waals surface area (Å²) >= 11 is 1.52. The van der Waals surface area contributed by atoms with Crippen LogP contribution < -0.4 is 16.0 Å². The highest BCUT2D eigenvalue weighted by Gasteiger charge is 2.27. The van der Waals surface area contributed by atoms with Crippen LogP contribution in [-0.2, 0) is 24.2 Å². The van der Waals surface area contributed by atoms with E-state index in [9.17, 15) is 9.59 Å². The average molecular weight is 396 g/mol. The normalized spacial score (nSPS) is 12.6. The zero-order valence-electron chi connectivity index (χ0n) is 15.4. The summed E-state index contributed by atoms with van der Waals surface area (Å²) in [5.41, 5.74) is 2.43. The molecule has 0 atom stereocenters. The monoisotopic (exact) mass is 396 g/mol. The van der Waals surface area contributed by atoms with Crippen molar-refractivity contribution in [2.75, 3.05) is 17.2 Å². The minimum atomic E-state index is -0.166.